The van der Waals surface area contributed by atoms with Crippen LogP contribution in [0.2, 0.25) is 0 Å². The number of anilines is 3. The summed E-state index contributed by atoms with van der Waals surface area (Å²) < 4.78 is 40.2. The van der Waals surface area contributed by atoms with Crippen LogP contribution in [-0.2, 0) is 15.8 Å². The molecule has 0 spiro atoms. The summed E-state index contributed by atoms with van der Waals surface area (Å²) in [4.78, 5) is 76.5. The number of hydrogen-bond acceptors (Lipinski definition) is 11. The number of nitrogens with one attached hydrogen (secondary N) is 2. The van der Waals surface area contributed by atoms with Crippen molar-refractivity contribution in [3.63, 3.8) is 0 Å². The zero-order valence-electron chi connectivity index (χ0n) is 30.0. The van der Waals surface area contributed by atoms with Crippen molar-refractivity contribution in [3.8, 4) is 5.82 Å². The first-order chi connectivity index (χ1) is 26.8. The highest BCUT2D eigenvalue weighted by molar-refractivity contribution is 6.23. The number of fused-ring (bicyclic) bond motifs is 1. The Morgan fingerprint density at radius 1 is 0.929 bits per heavy atom. The minimum absolute atomic E-state index is 0.0122. The van der Waals surface area contributed by atoms with Crippen LogP contribution in [0.4, 0.5) is 30.4 Å². The lowest BCUT2D eigenvalue weighted by Gasteiger charge is -2.34. The van der Waals surface area contributed by atoms with Crippen molar-refractivity contribution in [1.82, 2.24) is 34.9 Å². The lowest BCUT2D eigenvalue weighted by molar-refractivity contribution is -0.141. The number of primary amides is 1. The van der Waals surface area contributed by atoms with Crippen molar-refractivity contribution in [1.29, 1.82) is 0 Å². The maximum Gasteiger partial charge on any atom is 0.435 e. The van der Waals surface area contributed by atoms with Crippen molar-refractivity contribution < 1.29 is 37.1 Å². The Morgan fingerprint density at radius 3 is 2.38 bits per heavy atom. The molecular formula is C38H37F3N10O5. The van der Waals surface area contributed by atoms with E-state index in [9.17, 15) is 37.1 Å². The van der Waals surface area contributed by atoms with Gasteiger partial charge in [-0.15, -0.1) is 0 Å². The Hall–Kier alpha value is -6.17. The van der Waals surface area contributed by atoms with Gasteiger partial charge in [-0.3, -0.25) is 34.2 Å². The maximum absolute atomic E-state index is 13.3. The van der Waals surface area contributed by atoms with E-state index >= 15 is 0 Å². The van der Waals surface area contributed by atoms with Gasteiger partial charge in [-0.25, -0.2) is 14.6 Å². The molecule has 0 aliphatic carbocycles. The number of piperidine rings is 2. The van der Waals surface area contributed by atoms with E-state index in [1.165, 1.54) is 0 Å². The van der Waals surface area contributed by atoms with E-state index in [0.29, 0.717) is 17.5 Å². The quantitative estimate of drug-likeness (QED) is 0.211. The van der Waals surface area contributed by atoms with Crippen LogP contribution >= 0.6 is 0 Å². The fourth-order valence-electron chi connectivity index (χ4n) is 8.02. The first-order valence-electron chi connectivity index (χ1n) is 18.3. The molecule has 4 aliphatic rings. The predicted octanol–water partition coefficient (Wildman–Crippen LogP) is 3.63. The fourth-order valence-corrected chi connectivity index (χ4v) is 8.02. The van der Waals surface area contributed by atoms with Gasteiger partial charge in [0.25, 0.3) is 17.7 Å². The minimum Gasteiger partial charge on any atom is -0.371 e. The first-order valence-corrected chi connectivity index (χ1v) is 18.3. The summed E-state index contributed by atoms with van der Waals surface area (Å²) in [5, 5.41) is 8.77. The van der Waals surface area contributed by atoms with Crippen LogP contribution in [0.25, 0.3) is 5.82 Å². The maximum atomic E-state index is 13.3. The van der Waals surface area contributed by atoms with E-state index in [0.717, 1.165) is 91.3 Å². The lowest BCUT2D eigenvalue weighted by Crippen LogP contribution is -2.54. The third-order valence-corrected chi connectivity index (χ3v) is 10.9. The number of halogens is 3. The summed E-state index contributed by atoms with van der Waals surface area (Å²) in [6, 6.07) is 12.8. The van der Waals surface area contributed by atoms with E-state index in [1.54, 1.807) is 12.1 Å². The van der Waals surface area contributed by atoms with E-state index < -0.39 is 47.4 Å². The summed E-state index contributed by atoms with van der Waals surface area (Å²) in [6.07, 6.45) is 0.712. The molecule has 0 saturated carbocycles. The highest BCUT2D eigenvalue weighted by atomic mass is 19.4. The third kappa shape index (κ3) is 7.18. The molecule has 4 aliphatic heterocycles. The van der Waals surface area contributed by atoms with Crippen LogP contribution in [0.1, 0.15) is 80.5 Å². The molecule has 4 N–H and O–H groups in total. The average Bonchev–Trinajstić information content (AvgIpc) is 3.92. The number of benzene rings is 2. The zero-order chi connectivity index (χ0) is 39.3. The number of amides is 5. The molecule has 15 nitrogen and oxygen atoms in total. The second-order valence-electron chi connectivity index (χ2n) is 14.5. The van der Waals surface area contributed by atoms with Crippen molar-refractivity contribution in [2.75, 3.05) is 42.9 Å². The second kappa shape index (κ2) is 14.5. The minimum atomic E-state index is -4.63. The van der Waals surface area contributed by atoms with Gasteiger partial charge in [0.2, 0.25) is 11.8 Å². The number of hydrogen-bond donors (Lipinski definition) is 3. The Kier molecular flexibility index (Phi) is 9.51. The Morgan fingerprint density at radius 2 is 1.68 bits per heavy atom. The van der Waals surface area contributed by atoms with Gasteiger partial charge in [0.05, 0.1) is 17.3 Å². The van der Waals surface area contributed by atoms with Gasteiger partial charge in [0, 0.05) is 43.6 Å². The van der Waals surface area contributed by atoms with Gasteiger partial charge in [-0.05, 0) is 92.6 Å². The van der Waals surface area contributed by atoms with Gasteiger partial charge in [0.1, 0.15) is 6.04 Å². The van der Waals surface area contributed by atoms with Gasteiger partial charge in [-0.2, -0.15) is 18.3 Å². The van der Waals surface area contributed by atoms with Crippen LogP contribution in [0, 0.1) is 5.92 Å². The van der Waals surface area contributed by atoms with Gasteiger partial charge >= 0.3 is 6.18 Å². The van der Waals surface area contributed by atoms with E-state index in [2.05, 4.69) is 35.5 Å². The first kappa shape index (κ1) is 36.8. The Labute approximate surface area is 318 Å². The largest absolute Gasteiger partial charge is 0.435 e. The standard InChI is InChI=1S/C38H37F3N10O5/c39-38(40,41)29-12-16-50(47-29)30-18-43-32(33(42)53)34(45-30)44-24-3-1-22(2-4-24)23-10-13-48(14-11-23)19-21-9-15-49(20-21)25-5-6-26-27(17-25)37(56)51(36(26)55)28-7-8-31(52)46-35(28)54/h1-6,12,16-18,21,23,28H,7-11,13-15,19-20H2,(H2,42,53)(H,44,45)(H,46,52,54)/t21-,28?/m1/s1. The number of imide groups is 2. The molecule has 3 saturated heterocycles. The summed E-state index contributed by atoms with van der Waals surface area (Å²) in [5.41, 5.74) is 7.39. The number of likely N-dealkylation sites (tertiary alicyclic amines) is 1. The predicted molar refractivity (Wildman–Crippen MR) is 194 cm³/mol. The van der Waals surface area contributed by atoms with Crippen LogP contribution in [0.15, 0.2) is 60.9 Å². The summed E-state index contributed by atoms with van der Waals surface area (Å²) in [7, 11) is 0. The van der Waals surface area contributed by atoms with E-state index in [1.807, 2.05) is 30.3 Å². The summed E-state index contributed by atoms with van der Waals surface area (Å²) >= 11 is 0. The monoisotopic (exact) mass is 770 g/mol. The molecule has 5 amide bonds. The molecule has 56 heavy (non-hydrogen) atoms. The van der Waals surface area contributed by atoms with Crippen LogP contribution in [0.3, 0.4) is 0 Å². The van der Waals surface area contributed by atoms with Gasteiger partial charge < -0.3 is 20.9 Å². The highest BCUT2D eigenvalue weighted by Crippen LogP contribution is 2.35. The highest BCUT2D eigenvalue weighted by Gasteiger charge is 2.45. The Bertz CT molecular complexity index is 2240. The molecular weight excluding hydrogens is 733 g/mol. The second-order valence-corrected chi connectivity index (χ2v) is 14.5. The molecule has 2 aromatic carbocycles. The zero-order valence-corrected chi connectivity index (χ0v) is 30.0. The molecule has 0 radical (unpaired) electrons. The van der Waals surface area contributed by atoms with Gasteiger partial charge in [-0.1, -0.05) is 12.1 Å². The molecule has 0 bridgehead atoms. The van der Waals surface area contributed by atoms with Crippen LogP contribution in [-0.4, -0.2) is 97.8 Å². The number of nitrogens with zero attached hydrogens (tertiary/aromatic N) is 7. The number of carbonyl (C=O) groups excluding carboxylic acids is 5. The number of carbonyl (C=O) groups is 5. The van der Waals surface area contributed by atoms with Crippen LogP contribution in [0.5, 0.6) is 0 Å². The number of nitrogens with two attached hydrogens (primary N) is 1. The molecule has 2 atom stereocenters. The fraction of sp³-hybridized carbons (Fsp3) is 0.368. The number of rotatable bonds is 9. The summed E-state index contributed by atoms with van der Waals surface area (Å²) in [6.45, 7) is 4.43. The molecule has 6 heterocycles. The molecule has 2 aromatic heterocycles. The van der Waals surface area contributed by atoms with Crippen molar-refractivity contribution in [2.45, 2.75) is 50.2 Å². The average molecular weight is 771 g/mol. The van der Waals surface area contributed by atoms with Gasteiger partial charge in [0.15, 0.2) is 23.0 Å². The summed E-state index contributed by atoms with van der Waals surface area (Å²) in [5.74, 6) is -2.19. The molecule has 1 unspecified atom stereocenters. The molecule has 8 rings (SSSR count). The lowest BCUT2D eigenvalue weighted by atomic mass is 9.89. The van der Waals surface area contributed by atoms with E-state index in [4.69, 9.17) is 5.73 Å². The Balaban J connectivity index is 0.844. The van der Waals surface area contributed by atoms with Crippen molar-refractivity contribution in [2.24, 2.45) is 11.7 Å². The molecule has 290 valence electrons. The third-order valence-electron chi connectivity index (χ3n) is 10.9. The normalized spacial score (nSPS) is 20.8. The molecule has 3 fully saturated rings. The number of aromatic nitrogens is 4. The van der Waals surface area contributed by atoms with Crippen molar-refractivity contribution in [3.05, 3.63) is 89.0 Å². The number of alkyl halides is 3. The molecule has 18 heteroatoms. The van der Waals surface area contributed by atoms with E-state index in [-0.39, 0.29) is 41.3 Å². The molecule has 4 aromatic rings. The topological polar surface area (TPSA) is 189 Å². The van der Waals surface area contributed by atoms with Crippen molar-refractivity contribution >= 4 is 46.7 Å². The van der Waals surface area contributed by atoms with Crippen LogP contribution < -0.4 is 21.3 Å². The smallest absolute Gasteiger partial charge is 0.371 e. The SMILES string of the molecule is NC(=O)c1ncc(-n2ccc(C(F)(F)F)n2)nc1Nc1ccc(C2CCN(C[C@H]3CCN(c4ccc5c(c4)C(=O)N(C4CCC(=O)NC4=O)C5=O)C3)CC2)cc1.